The zero-order valence-electron chi connectivity index (χ0n) is 9.54. The van der Waals surface area contributed by atoms with E-state index in [1.165, 1.54) is 16.4 Å². The van der Waals surface area contributed by atoms with Gasteiger partial charge in [-0.2, -0.15) is 4.68 Å². The van der Waals surface area contributed by atoms with Gasteiger partial charge in [-0.05, 0) is 6.26 Å². The van der Waals surface area contributed by atoms with Crippen molar-refractivity contribution in [1.82, 2.24) is 14.9 Å². The molecule has 88 valence electrons. The largest absolute Gasteiger partial charge is 0.324 e. The molecular formula is C11H12N4OS. The third-order valence-electron chi connectivity index (χ3n) is 2.29. The first-order chi connectivity index (χ1) is 8.27. The van der Waals surface area contributed by atoms with E-state index in [1.54, 1.807) is 7.05 Å². The fraction of sp³-hybridized carbons (Fsp3) is 0.182. The number of thioether (sulfide) groups is 1. The topological polar surface area (TPSA) is 59.8 Å². The van der Waals surface area contributed by atoms with Crippen molar-refractivity contribution in [3.05, 3.63) is 40.7 Å². The summed E-state index contributed by atoms with van der Waals surface area (Å²) in [4.78, 5) is 12.2. The zero-order valence-corrected chi connectivity index (χ0v) is 10.4. The molecule has 1 heterocycles. The lowest BCUT2D eigenvalue weighted by Crippen LogP contribution is -2.31. The van der Waals surface area contributed by atoms with Crippen LogP contribution in [0.5, 0.6) is 0 Å². The van der Waals surface area contributed by atoms with Crippen LogP contribution in [-0.4, -0.2) is 28.2 Å². The van der Waals surface area contributed by atoms with Crippen LogP contribution in [0.4, 0.5) is 0 Å². The molecule has 0 atom stereocenters. The van der Waals surface area contributed by atoms with E-state index in [0.717, 1.165) is 5.56 Å². The average Bonchev–Trinajstić information content (AvgIpc) is 2.39. The Labute approximate surface area is 103 Å². The fourth-order valence-electron chi connectivity index (χ4n) is 1.48. The minimum atomic E-state index is -0.196. The van der Waals surface area contributed by atoms with Crippen LogP contribution in [0.3, 0.4) is 0 Å². The van der Waals surface area contributed by atoms with Crippen LogP contribution in [0.2, 0.25) is 0 Å². The molecule has 6 heteroatoms. The SMILES string of the molecule is CNn1c(SC)nnc(-c2ccccc2)c1=O. The van der Waals surface area contributed by atoms with E-state index in [0.29, 0.717) is 10.9 Å². The molecule has 0 bridgehead atoms. The van der Waals surface area contributed by atoms with Crippen LogP contribution in [0, 0.1) is 0 Å². The van der Waals surface area contributed by atoms with Gasteiger partial charge in [0.25, 0.3) is 5.56 Å². The van der Waals surface area contributed by atoms with Crippen molar-refractivity contribution in [3.63, 3.8) is 0 Å². The molecule has 1 N–H and O–H groups in total. The average molecular weight is 248 g/mol. The molecule has 2 rings (SSSR count). The normalized spacial score (nSPS) is 10.2. The molecule has 5 nitrogen and oxygen atoms in total. The van der Waals surface area contributed by atoms with E-state index < -0.39 is 0 Å². The van der Waals surface area contributed by atoms with Crippen LogP contribution in [0.1, 0.15) is 0 Å². The first kappa shape index (κ1) is 11.7. The standard InChI is InChI=1S/C11H12N4OS/c1-12-15-10(16)9(13-14-11(15)17-2)8-6-4-3-5-7-8/h3-7,12H,1-2H3. The monoisotopic (exact) mass is 248 g/mol. The highest BCUT2D eigenvalue weighted by Crippen LogP contribution is 2.13. The predicted octanol–water partition coefficient (Wildman–Crippen LogP) is 1.20. The fourth-order valence-corrected chi connectivity index (χ4v) is 1.96. The van der Waals surface area contributed by atoms with Crippen molar-refractivity contribution in [2.45, 2.75) is 5.16 Å². The Morgan fingerprint density at radius 2 is 1.94 bits per heavy atom. The molecule has 0 unspecified atom stereocenters. The lowest BCUT2D eigenvalue weighted by Gasteiger charge is -2.09. The third-order valence-corrected chi connectivity index (χ3v) is 2.92. The van der Waals surface area contributed by atoms with Gasteiger partial charge in [0, 0.05) is 12.6 Å². The van der Waals surface area contributed by atoms with Gasteiger partial charge in [-0.1, -0.05) is 42.1 Å². The number of rotatable bonds is 3. The van der Waals surface area contributed by atoms with Gasteiger partial charge in [-0.3, -0.25) is 4.79 Å². The Kier molecular flexibility index (Phi) is 3.43. The maximum atomic E-state index is 12.2. The summed E-state index contributed by atoms with van der Waals surface area (Å²) in [5.74, 6) is 0. The Hall–Kier alpha value is -1.82. The van der Waals surface area contributed by atoms with Crippen molar-refractivity contribution >= 4 is 11.8 Å². The van der Waals surface area contributed by atoms with Gasteiger partial charge in [0.1, 0.15) is 0 Å². The second kappa shape index (κ2) is 5.01. The van der Waals surface area contributed by atoms with Gasteiger partial charge in [-0.15, -0.1) is 10.2 Å². The molecule has 0 saturated heterocycles. The summed E-state index contributed by atoms with van der Waals surface area (Å²) in [5, 5.41) is 8.54. The molecular weight excluding hydrogens is 236 g/mol. The van der Waals surface area contributed by atoms with E-state index in [9.17, 15) is 4.79 Å². The number of aromatic nitrogens is 3. The second-order valence-corrected chi connectivity index (χ2v) is 4.04. The molecule has 2 aromatic rings. The molecule has 17 heavy (non-hydrogen) atoms. The maximum Gasteiger partial charge on any atom is 0.299 e. The molecule has 0 fully saturated rings. The van der Waals surface area contributed by atoms with E-state index in [4.69, 9.17) is 0 Å². The highest BCUT2D eigenvalue weighted by molar-refractivity contribution is 7.98. The summed E-state index contributed by atoms with van der Waals surface area (Å²) < 4.78 is 1.39. The summed E-state index contributed by atoms with van der Waals surface area (Å²) in [6.45, 7) is 0. The smallest absolute Gasteiger partial charge is 0.299 e. The third kappa shape index (κ3) is 2.16. The van der Waals surface area contributed by atoms with Crippen LogP contribution in [-0.2, 0) is 0 Å². The number of benzene rings is 1. The second-order valence-electron chi connectivity index (χ2n) is 3.27. The van der Waals surface area contributed by atoms with Crippen molar-refractivity contribution in [2.24, 2.45) is 0 Å². The lowest BCUT2D eigenvalue weighted by molar-refractivity contribution is 0.678. The van der Waals surface area contributed by atoms with E-state index in [2.05, 4.69) is 15.6 Å². The zero-order chi connectivity index (χ0) is 12.3. The molecule has 0 aliphatic rings. The van der Waals surface area contributed by atoms with E-state index in [1.807, 2.05) is 36.6 Å². The number of hydrogen-bond acceptors (Lipinski definition) is 5. The molecule has 0 spiro atoms. The van der Waals surface area contributed by atoms with Gasteiger partial charge in [-0.25, -0.2) is 0 Å². The van der Waals surface area contributed by atoms with Crippen LogP contribution in [0.15, 0.2) is 40.3 Å². The first-order valence-electron chi connectivity index (χ1n) is 5.05. The molecule has 1 aromatic heterocycles. The summed E-state index contributed by atoms with van der Waals surface area (Å²) in [7, 11) is 1.68. The number of hydrogen-bond donors (Lipinski definition) is 1. The minimum Gasteiger partial charge on any atom is -0.324 e. The summed E-state index contributed by atoms with van der Waals surface area (Å²) in [5.41, 5.74) is 3.72. The Bertz CT molecular complexity index is 567. The summed E-state index contributed by atoms with van der Waals surface area (Å²) >= 11 is 1.36. The number of nitrogens with one attached hydrogen (secondary N) is 1. The van der Waals surface area contributed by atoms with E-state index in [-0.39, 0.29) is 5.56 Å². The maximum absolute atomic E-state index is 12.2. The summed E-state index contributed by atoms with van der Waals surface area (Å²) in [6, 6.07) is 9.30. The van der Waals surface area contributed by atoms with E-state index >= 15 is 0 Å². The Morgan fingerprint density at radius 3 is 2.53 bits per heavy atom. The predicted molar refractivity (Wildman–Crippen MR) is 68.8 cm³/mol. The highest BCUT2D eigenvalue weighted by Gasteiger charge is 2.11. The molecule has 0 radical (unpaired) electrons. The van der Waals surface area contributed by atoms with Crippen molar-refractivity contribution < 1.29 is 0 Å². The first-order valence-corrected chi connectivity index (χ1v) is 6.27. The lowest BCUT2D eigenvalue weighted by atomic mass is 10.2. The minimum absolute atomic E-state index is 0.196. The number of nitrogens with zero attached hydrogens (tertiary/aromatic N) is 3. The Morgan fingerprint density at radius 1 is 1.24 bits per heavy atom. The molecule has 0 aliphatic carbocycles. The van der Waals surface area contributed by atoms with Crippen molar-refractivity contribution in [3.8, 4) is 11.3 Å². The van der Waals surface area contributed by atoms with Crippen LogP contribution in [0.25, 0.3) is 11.3 Å². The van der Waals surface area contributed by atoms with Gasteiger partial charge in [0.15, 0.2) is 5.69 Å². The van der Waals surface area contributed by atoms with Crippen LogP contribution >= 0.6 is 11.8 Å². The van der Waals surface area contributed by atoms with Gasteiger partial charge in [0.05, 0.1) is 0 Å². The molecule has 0 aliphatic heterocycles. The van der Waals surface area contributed by atoms with Gasteiger partial charge < -0.3 is 5.43 Å². The molecule has 0 saturated carbocycles. The molecule has 0 amide bonds. The Balaban J connectivity index is 2.62. The van der Waals surface area contributed by atoms with Crippen molar-refractivity contribution in [2.75, 3.05) is 18.7 Å². The molecule has 1 aromatic carbocycles. The quantitative estimate of drug-likeness (QED) is 0.827. The van der Waals surface area contributed by atoms with Gasteiger partial charge in [0.2, 0.25) is 5.16 Å². The van der Waals surface area contributed by atoms with Crippen LogP contribution < -0.4 is 11.0 Å². The highest BCUT2D eigenvalue weighted by atomic mass is 32.2. The van der Waals surface area contributed by atoms with Gasteiger partial charge >= 0.3 is 0 Å². The van der Waals surface area contributed by atoms with Crippen molar-refractivity contribution in [1.29, 1.82) is 0 Å². The summed E-state index contributed by atoms with van der Waals surface area (Å²) in [6.07, 6.45) is 1.85.